The predicted octanol–water partition coefficient (Wildman–Crippen LogP) is 4.31. The fourth-order valence-corrected chi connectivity index (χ4v) is 3.32. The van der Waals surface area contributed by atoms with Crippen molar-refractivity contribution < 1.29 is 14.7 Å². The van der Waals surface area contributed by atoms with E-state index in [9.17, 15) is 9.59 Å². The van der Waals surface area contributed by atoms with Crippen LogP contribution in [0, 0.1) is 0 Å². The highest BCUT2D eigenvalue weighted by molar-refractivity contribution is 8.00. The number of benzene rings is 2. The van der Waals surface area contributed by atoms with Crippen molar-refractivity contribution >= 4 is 23.6 Å². The number of carboxylic acid groups (broad SMARTS) is 1. The molecule has 0 spiro atoms. The van der Waals surface area contributed by atoms with Crippen LogP contribution in [0.25, 0.3) is 0 Å². The van der Waals surface area contributed by atoms with Gasteiger partial charge in [0.05, 0.1) is 11.6 Å². The summed E-state index contributed by atoms with van der Waals surface area (Å²) in [6, 6.07) is 15.1. The lowest BCUT2D eigenvalue weighted by Crippen LogP contribution is -2.27. The van der Waals surface area contributed by atoms with E-state index in [0.717, 1.165) is 12.0 Å². The van der Waals surface area contributed by atoms with E-state index in [-0.39, 0.29) is 11.9 Å². The molecular formula is C20H23NO3S. The van der Waals surface area contributed by atoms with Crippen LogP contribution in [-0.4, -0.2) is 22.2 Å². The van der Waals surface area contributed by atoms with E-state index in [0.29, 0.717) is 10.5 Å². The zero-order chi connectivity index (χ0) is 18.4. The lowest BCUT2D eigenvalue weighted by atomic mass is 10.0. The summed E-state index contributed by atoms with van der Waals surface area (Å²) in [6.07, 6.45) is 0.980. The summed E-state index contributed by atoms with van der Waals surface area (Å²) in [5.41, 5.74) is 2.79. The molecule has 2 aromatic rings. The Morgan fingerprint density at radius 1 is 1.08 bits per heavy atom. The number of nitrogens with one attached hydrogen (secondary N) is 1. The SMILES string of the molecule is CCc1ccc(C(C)NC(=O)c2ccccc2SC(C)C(=O)O)cc1. The number of carbonyl (C=O) groups excluding carboxylic acids is 1. The lowest BCUT2D eigenvalue weighted by Gasteiger charge is -2.17. The van der Waals surface area contributed by atoms with Gasteiger partial charge in [0.1, 0.15) is 5.25 Å². The molecule has 2 aromatic carbocycles. The van der Waals surface area contributed by atoms with Crippen molar-refractivity contribution in [1.82, 2.24) is 5.32 Å². The summed E-state index contributed by atoms with van der Waals surface area (Å²) in [5, 5.41) is 11.5. The Morgan fingerprint density at radius 3 is 2.32 bits per heavy atom. The second-order valence-electron chi connectivity index (χ2n) is 5.88. The molecule has 0 aliphatic rings. The van der Waals surface area contributed by atoms with Gasteiger partial charge in [-0.05, 0) is 43.5 Å². The van der Waals surface area contributed by atoms with Crippen LogP contribution in [0.1, 0.15) is 48.3 Å². The molecule has 4 nitrogen and oxygen atoms in total. The molecule has 132 valence electrons. The van der Waals surface area contributed by atoms with Crippen LogP contribution >= 0.6 is 11.8 Å². The Morgan fingerprint density at radius 2 is 1.72 bits per heavy atom. The summed E-state index contributed by atoms with van der Waals surface area (Å²) in [6.45, 7) is 5.65. The van der Waals surface area contributed by atoms with Crippen LogP contribution in [0.4, 0.5) is 0 Å². The smallest absolute Gasteiger partial charge is 0.316 e. The molecule has 2 N–H and O–H groups in total. The minimum absolute atomic E-state index is 0.131. The highest BCUT2D eigenvalue weighted by atomic mass is 32.2. The quantitative estimate of drug-likeness (QED) is 0.725. The average molecular weight is 357 g/mol. The number of amides is 1. The lowest BCUT2D eigenvalue weighted by molar-refractivity contribution is -0.136. The third-order valence-corrected chi connectivity index (χ3v) is 5.18. The molecule has 5 heteroatoms. The Kier molecular flexibility index (Phi) is 6.65. The van der Waals surface area contributed by atoms with Gasteiger partial charge in [-0.25, -0.2) is 0 Å². The van der Waals surface area contributed by atoms with E-state index in [2.05, 4.69) is 24.4 Å². The summed E-state index contributed by atoms with van der Waals surface area (Å²) in [7, 11) is 0. The number of thioether (sulfide) groups is 1. The molecule has 0 bridgehead atoms. The van der Waals surface area contributed by atoms with Crippen LogP contribution in [0.3, 0.4) is 0 Å². The molecule has 0 aliphatic heterocycles. The highest BCUT2D eigenvalue weighted by Gasteiger charge is 2.19. The van der Waals surface area contributed by atoms with Crippen molar-refractivity contribution in [3.63, 3.8) is 0 Å². The number of aliphatic carboxylic acids is 1. The Labute approximate surface area is 152 Å². The first-order chi connectivity index (χ1) is 11.9. The van der Waals surface area contributed by atoms with Gasteiger partial charge in [0, 0.05) is 4.90 Å². The Bertz CT molecular complexity index is 743. The van der Waals surface area contributed by atoms with Gasteiger partial charge in [-0.3, -0.25) is 9.59 Å². The van der Waals surface area contributed by atoms with Gasteiger partial charge < -0.3 is 10.4 Å². The highest BCUT2D eigenvalue weighted by Crippen LogP contribution is 2.27. The van der Waals surface area contributed by atoms with Gasteiger partial charge in [0.2, 0.25) is 0 Å². The zero-order valence-electron chi connectivity index (χ0n) is 14.7. The minimum atomic E-state index is -0.899. The van der Waals surface area contributed by atoms with Gasteiger partial charge in [0.15, 0.2) is 0 Å². The predicted molar refractivity (Wildman–Crippen MR) is 101 cm³/mol. The van der Waals surface area contributed by atoms with Crippen molar-refractivity contribution in [3.05, 3.63) is 65.2 Å². The van der Waals surface area contributed by atoms with Crippen molar-refractivity contribution in [2.45, 2.75) is 43.4 Å². The van der Waals surface area contributed by atoms with Crippen molar-refractivity contribution in [3.8, 4) is 0 Å². The standard InChI is InChI=1S/C20H23NO3S/c1-4-15-9-11-16(12-10-15)13(2)21-19(22)17-7-5-6-8-18(17)25-14(3)20(23)24/h5-14H,4H2,1-3H3,(H,21,22)(H,23,24). The Balaban J connectivity index is 2.13. The van der Waals surface area contributed by atoms with Crippen LogP contribution in [0.2, 0.25) is 0 Å². The van der Waals surface area contributed by atoms with E-state index in [1.807, 2.05) is 19.1 Å². The fourth-order valence-electron chi connectivity index (χ4n) is 2.40. The van der Waals surface area contributed by atoms with Crippen molar-refractivity contribution in [2.24, 2.45) is 0 Å². The molecule has 2 unspecified atom stereocenters. The Hall–Kier alpha value is -2.27. The normalized spacial score (nSPS) is 13.1. The number of hydrogen-bond donors (Lipinski definition) is 2. The number of aryl methyl sites for hydroxylation is 1. The second kappa shape index (κ2) is 8.72. The number of carboxylic acids is 1. The topological polar surface area (TPSA) is 66.4 Å². The van der Waals surface area contributed by atoms with Gasteiger partial charge >= 0.3 is 5.97 Å². The first-order valence-corrected chi connectivity index (χ1v) is 9.18. The molecule has 0 aliphatic carbocycles. The second-order valence-corrected chi connectivity index (χ2v) is 7.27. The number of rotatable bonds is 7. The van der Waals surface area contributed by atoms with Gasteiger partial charge in [-0.2, -0.15) is 0 Å². The summed E-state index contributed by atoms with van der Waals surface area (Å²) < 4.78 is 0. The third-order valence-electron chi connectivity index (χ3n) is 4.02. The maximum absolute atomic E-state index is 12.7. The maximum Gasteiger partial charge on any atom is 0.316 e. The van der Waals surface area contributed by atoms with Gasteiger partial charge in [-0.15, -0.1) is 11.8 Å². The maximum atomic E-state index is 12.7. The van der Waals surface area contributed by atoms with E-state index in [1.165, 1.54) is 17.3 Å². The van der Waals surface area contributed by atoms with Gasteiger partial charge in [0.25, 0.3) is 5.91 Å². The summed E-state index contributed by atoms with van der Waals surface area (Å²) >= 11 is 1.17. The van der Waals surface area contributed by atoms with Crippen LogP contribution in [0.5, 0.6) is 0 Å². The van der Waals surface area contributed by atoms with Gasteiger partial charge in [-0.1, -0.05) is 43.3 Å². The molecule has 2 rings (SSSR count). The molecule has 25 heavy (non-hydrogen) atoms. The molecule has 0 fully saturated rings. The largest absolute Gasteiger partial charge is 0.480 e. The van der Waals surface area contributed by atoms with Crippen LogP contribution in [0.15, 0.2) is 53.4 Å². The van der Waals surface area contributed by atoms with E-state index < -0.39 is 11.2 Å². The fraction of sp³-hybridized carbons (Fsp3) is 0.300. The summed E-state index contributed by atoms with van der Waals surface area (Å²) in [5.74, 6) is -1.10. The van der Waals surface area contributed by atoms with E-state index in [4.69, 9.17) is 5.11 Å². The molecule has 0 radical (unpaired) electrons. The monoisotopic (exact) mass is 357 g/mol. The molecule has 0 saturated carbocycles. The zero-order valence-corrected chi connectivity index (χ0v) is 15.5. The number of carbonyl (C=O) groups is 2. The molecule has 0 heterocycles. The van der Waals surface area contributed by atoms with Crippen LogP contribution in [-0.2, 0) is 11.2 Å². The molecule has 0 saturated heterocycles. The average Bonchev–Trinajstić information content (AvgIpc) is 2.62. The van der Waals surface area contributed by atoms with E-state index >= 15 is 0 Å². The first kappa shape index (κ1) is 19.1. The van der Waals surface area contributed by atoms with Crippen molar-refractivity contribution in [2.75, 3.05) is 0 Å². The molecule has 0 aromatic heterocycles. The van der Waals surface area contributed by atoms with E-state index in [1.54, 1.807) is 31.2 Å². The molecule has 1 amide bonds. The summed E-state index contributed by atoms with van der Waals surface area (Å²) in [4.78, 5) is 24.4. The molecule has 2 atom stereocenters. The number of hydrogen-bond acceptors (Lipinski definition) is 3. The van der Waals surface area contributed by atoms with Crippen molar-refractivity contribution in [1.29, 1.82) is 0 Å². The van der Waals surface area contributed by atoms with Crippen LogP contribution < -0.4 is 5.32 Å². The first-order valence-electron chi connectivity index (χ1n) is 8.30. The molecular weight excluding hydrogens is 334 g/mol. The minimum Gasteiger partial charge on any atom is -0.480 e. The third kappa shape index (κ3) is 5.10.